The second-order valence-electron chi connectivity index (χ2n) is 6.02. The molecule has 0 unspecified atom stereocenters. The Labute approximate surface area is 230 Å². The summed E-state index contributed by atoms with van der Waals surface area (Å²) in [6.45, 7) is 0. The fourth-order valence-corrected chi connectivity index (χ4v) is 1.21. The monoisotopic (exact) mass is 768 g/mol. The molecule has 0 amide bonds. The molecule has 0 aromatic rings. The summed E-state index contributed by atoms with van der Waals surface area (Å²) in [6.07, 6.45) is -9.84. The van der Waals surface area contributed by atoms with E-state index in [1.54, 1.807) is 0 Å². The van der Waals surface area contributed by atoms with Gasteiger partial charge in [0.1, 0.15) is 36.6 Å². The lowest BCUT2D eigenvalue weighted by molar-refractivity contribution is -0.223. The molecule has 0 aliphatic heterocycles. The summed E-state index contributed by atoms with van der Waals surface area (Å²) in [4.78, 5) is 129. The zero-order valence-corrected chi connectivity index (χ0v) is 24.7. The van der Waals surface area contributed by atoms with E-state index in [0.29, 0.717) is 0 Å². The molecule has 0 aromatic carbocycles. The van der Waals surface area contributed by atoms with Crippen LogP contribution in [-0.2, 0) is 27.4 Å². The number of rotatable bonds is 0. The van der Waals surface area contributed by atoms with E-state index in [2.05, 4.69) is 0 Å². The third-order valence-electron chi connectivity index (χ3n) is 2.10. The van der Waals surface area contributed by atoms with Gasteiger partial charge >= 0.3 is 46.9 Å². The van der Waals surface area contributed by atoms with E-state index in [1.165, 1.54) is 0 Å². The Bertz CT molecular complexity index is 694. The highest BCUT2D eigenvalue weighted by Gasteiger charge is 2.47. The average molecular weight is 768 g/mol. The van der Waals surface area contributed by atoms with Crippen molar-refractivity contribution in [1.82, 2.24) is 0 Å². The summed E-state index contributed by atoms with van der Waals surface area (Å²) in [5.74, 6) is 0. The van der Waals surface area contributed by atoms with Crippen molar-refractivity contribution < 1.29 is 146 Å². The molecule has 36 heteroatoms. The van der Waals surface area contributed by atoms with Gasteiger partial charge in [-0.1, -0.05) is 0 Å². The second kappa shape index (κ2) is 22.8. The number of phosphoric acid groups is 6. The lowest BCUT2D eigenvalue weighted by atomic mass is 9.85. The zero-order valence-electron chi connectivity index (χ0n) is 19.3. The van der Waals surface area contributed by atoms with E-state index in [9.17, 15) is 0 Å². The fourth-order valence-electron chi connectivity index (χ4n) is 1.21. The molecule has 1 saturated carbocycles. The highest BCUT2D eigenvalue weighted by molar-refractivity contribution is 7.46. The van der Waals surface area contributed by atoms with E-state index in [4.69, 9.17) is 146 Å². The summed E-state index contributed by atoms with van der Waals surface area (Å²) in [5.41, 5.74) is 0. The normalized spacial score (nSPS) is 24.3. The summed E-state index contributed by atoms with van der Waals surface area (Å²) >= 11 is 0. The summed E-state index contributed by atoms with van der Waals surface area (Å²) in [6, 6.07) is 0. The fraction of sp³-hybridized carbons (Fsp3) is 1.00. The van der Waals surface area contributed by atoms with E-state index >= 15 is 0 Å². The molecule has 1 rings (SSSR count). The van der Waals surface area contributed by atoms with Gasteiger partial charge in [-0.05, 0) is 0 Å². The highest BCUT2D eigenvalue weighted by atomic mass is 31.2. The van der Waals surface area contributed by atoms with Gasteiger partial charge in [0.05, 0.1) is 0 Å². The maximum Gasteiger partial charge on any atom is 0.466 e. The van der Waals surface area contributed by atoms with Crippen molar-refractivity contribution in [2.75, 3.05) is 0 Å². The van der Waals surface area contributed by atoms with Crippen LogP contribution in [0.15, 0.2) is 0 Å². The van der Waals surface area contributed by atoms with E-state index in [0.717, 1.165) is 0 Å². The van der Waals surface area contributed by atoms with Gasteiger partial charge in [-0.3, -0.25) is 0 Å². The minimum absolute atomic E-state index is 1.64. The van der Waals surface area contributed by atoms with Crippen molar-refractivity contribution in [2.45, 2.75) is 36.6 Å². The van der Waals surface area contributed by atoms with Crippen LogP contribution in [0.25, 0.3) is 0 Å². The van der Waals surface area contributed by atoms with Crippen LogP contribution in [0.1, 0.15) is 0 Å². The highest BCUT2D eigenvalue weighted by Crippen LogP contribution is 2.28. The number of hydrogen-bond donors (Lipinski definition) is 24. The summed E-state index contributed by atoms with van der Waals surface area (Å²) in [7, 11) is -27.8. The predicted molar refractivity (Wildman–Crippen MR) is 122 cm³/mol. The lowest BCUT2D eigenvalue weighted by Crippen LogP contribution is -2.63. The second-order valence-corrected chi connectivity index (χ2v) is 12.2. The largest absolute Gasteiger partial charge is 0.466 e. The molecule has 0 spiro atoms. The van der Waals surface area contributed by atoms with Gasteiger partial charge in [0.25, 0.3) is 0 Å². The predicted octanol–water partition coefficient (Wildman–Crippen LogP) is -9.41. The van der Waals surface area contributed by atoms with Gasteiger partial charge < -0.3 is 119 Å². The first-order valence-corrected chi connectivity index (χ1v) is 17.6. The zero-order chi connectivity index (χ0) is 36.5. The van der Waals surface area contributed by atoms with Crippen molar-refractivity contribution in [3.05, 3.63) is 0 Å². The minimum atomic E-state index is -4.64. The van der Waals surface area contributed by atoms with Crippen LogP contribution in [0.3, 0.4) is 0 Å². The molecule has 1 aliphatic rings. The van der Waals surface area contributed by atoms with Gasteiger partial charge in [0, 0.05) is 0 Å². The van der Waals surface area contributed by atoms with Crippen molar-refractivity contribution in [2.24, 2.45) is 0 Å². The Morgan fingerprint density at radius 2 is 0.238 bits per heavy atom. The molecule has 0 atom stereocenters. The molecule has 0 saturated heterocycles. The van der Waals surface area contributed by atoms with Crippen LogP contribution in [0.5, 0.6) is 0 Å². The Balaban J connectivity index is -0.0000000944. The third kappa shape index (κ3) is 105. The molecule has 264 valence electrons. The van der Waals surface area contributed by atoms with Gasteiger partial charge in [0.2, 0.25) is 0 Å². The van der Waals surface area contributed by atoms with Crippen LogP contribution < -0.4 is 0 Å². The van der Waals surface area contributed by atoms with Crippen molar-refractivity contribution in [1.29, 1.82) is 0 Å². The third-order valence-corrected chi connectivity index (χ3v) is 2.10. The van der Waals surface area contributed by atoms with E-state index in [1.807, 2.05) is 0 Å². The maximum atomic E-state index is 8.97. The molecule has 1 aliphatic carbocycles. The van der Waals surface area contributed by atoms with Crippen molar-refractivity contribution in [3.8, 4) is 0 Å². The summed E-state index contributed by atoms with van der Waals surface area (Å²) < 4.78 is 53.3. The average Bonchev–Trinajstić information content (AvgIpc) is 2.55. The van der Waals surface area contributed by atoms with Crippen LogP contribution in [-0.4, -0.2) is 155 Å². The molecule has 0 radical (unpaired) electrons. The first-order valence-electron chi connectivity index (χ1n) is 8.24. The molecule has 24 N–H and O–H groups in total. The van der Waals surface area contributed by atoms with E-state index in [-0.39, 0.29) is 0 Å². The Kier molecular flexibility index (Phi) is 29.9. The standard InChI is InChI=1S/C6H12O6.6H3O4P/c7-1-2(8)4(10)6(12)5(11)3(1)9;6*1-5(2,3)4/h1-12H;6*(H3,1,2,3,4)/t1-,2-,3-,4+,5-,6-;;;;;;. The number of aliphatic hydroxyl groups is 6. The number of hydrogen-bond acceptors (Lipinski definition) is 12. The lowest BCUT2D eigenvalue weighted by Gasteiger charge is -2.39. The molecule has 42 heavy (non-hydrogen) atoms. The van der Waals surface area contributed by atoms with Gasteiger partial charge in [-0.15, -0.1) is 0 Å². The van der Waals surface area contributed by atoms with Gasteiger partial charge in [-0.25, -0.2) is 27.4 Å². The number of aliphatic hydroxyl groups excluding tert-OH is 6. The van der Waals surface area contributed by atoms with Crippen LogP contribution in [0, 0.1) is 0 Å². The van der Waals surface area contributed by atoms with Crippen molar-refractivity contribution in [3.63, 3.8) is 0 Å². The molecular weight excluding hydrogens is 738 g/mol. The molecule has 0 heterocycles. The minimum Gasteiger partial charge on any atom is -0.387 e. The quantitative estimate of drug-likeness (QED) is 0.102. The molecule has 0 bridgehead atoms. The first-order chi connectivity index (χ1) is 17.5. The van der Waals surface area contributed by atoms with Crippen LogP contribution in [0.4, 0.5) is 0 Å². The van der Waals surface area contributed by atoms with Gasteiger partial charge in [-0.2, -0.15) is 0 Å². The molecule has 0 aromatic heterocycles. The Morgan fingerprint density at radius 1 is 0.214 bits per heavy atom. The topological polar surface area (TPSA) is 588 Å². The smallest absolute Gasteiger partial charge is 0.387 e. The Morgan fingerprint density at radius 3 is 0.262 bits per heavy atom. The Hall–Kier alpha value is 0.420. The summed E-state index contributed by atoms with van der Waals surface area (Å²) in [5, 5.41) is 53.8. The molecule has 1 fully saturated rings. The van der Waals surface area contributed by atoms with E-state index < -0.39 is 83.6 Å². The van der Waals surface area contributed by atoms with Crippen molar-refractivity contribution >= 4 is 46.9 Å². The SMILES string of the molecule is O=P(O)(O)O.O=P(O)(O)O.O=P(O)(O)O.O=P(O)(O)O.O=P(O)(O)O.O=P(O)(O)O.O[C@H]1[C@H](O)[C@@H](O)[C@H](O)[C@@H](O)[C@H]1O. The maximum absolute atomic E-state index is 8.97. The van der Waals surface area contributed by atoms with Crippen LogP contribution >= 0.6 is 46.9 Å². The van der Waals surface area contributed by atoms with Gasteiger partial charge in [0.15, 0.2) is 0 Å². The van der Waals surface area contributed by atoms with Crippen LogP contribution in [0.2, 0.25) is 0 Å². The molecular formula is C6H30O30P6. The first kappa shape index (κ1) is 54.9. The molecule has 30 nitrogen and oxygen atoms in total.